The van der Waals surface area contributed by atoms with Crippen molar-refractivity contribution in [3.05, 3.63) is 28.8 Å². The Morgan fingerprint density at radius 2 is 2.25 bits per heavy atom. The number of aromatic hydroxyl groups is 1. The van der Waals surface area contributed by atoms with E-state index in [0.717, 1.165) is 12.8 Å². The summed E-state index contributed by atoms with van der Waals surface area (Å²) in [5, 5.41) is 21.9. The molecule has 2 rings (SSSR count). The van der Waals surface area contributed by atoms with Crippen LogP contribution in [0.2, 0.25) is 5.02 Å². The van der Waals surface area contributed by atoms with Gasteiger partial charge in [0.2, 0.25) is 0 Å². The summed E-state index contributed by atoms with van der Waals surface area (Å²) in [5.41, 5.74) is 5.76. The van der Waals surface area contributed by atoms with E-state index < -0.39 is 0 Å². The highest BCUT2D eigenvalue weighted by Crippen LogP contribution is 2.25. The molecule has 1 atom stereocenters. The van der Waals surface area contributed by atoms with Crippen molar-refractivity contribution in [3.8, 4) is 5.75 Å². The quantitative estimate of drug-likeness (QED) is 0.334. The molecule has 7 heteroatoms. The van der Waals surface area contributed by atoms with Crippen LogP contribution in [0, 0.1) is 5.92 Å². The van der Waals surface area contributed by atoms with Crippen LogP contribution in [0.1, 0.15) is 23.2 Å². The van der Waals surface area contributed by atoms with E-state index in [1.165, 1.54) is 18.2 Å². The predicted molar refractivity (Wildman–Crippen MR) is 75.2 cm³/mol. The number of piperidine rings is 1. The van der Waals surface area contributed by atoms with E-state index in [9.17, 15) is 9.90 Å². The van der Waals surface area contributed by atoms with E-state index in [2.05, 4.69) is 5.16 Å². The normalized spacial score (nSPS) is 19.9. The number of amides is 1. The fourth-order valence-electron chi connectivity index (χ4n) is 2.33. The summed E-state index contributed by atoms with van der Waals surface area (Å²) in [5.74, 6) is -0.456. The summed E-state index contributed by atoms with van der Waals surface area (Å²) in [6.07, 6.45) is 1.52. The Balaban J connectivity index is 2.18. The zero-order valence-electron chi connectivity index (χ0n) is 10.8. The Bertz CT molecular complexity index is 548. The molecule has 0 aromatic heterocycles. The van der Waals surface area contributed by atoms with Crippen LogP contribution in [0.4, 0.5) is 0 Å². The second kappa shape index (κ2) is 6.00. The van der Waals surface area contributed by atoms with Crippen LogP contribution in [0.25, 0.3) is 0 Å². The number of hydrogen-bond acceptors (Lipinski definition) is 4. The molecule has 1 fully saturated rings. The average molecular weight is 298 g/mol. The van der Waals surface area contributed by atoms with Crippen molar-refractivity contribution < 1.29 is 15.1 Å². The zero-order chi connectivity index (χ0) is 14.7. The molecule has 0 aliphatic carbocycles. The van der Waals surface area contributed by atoms with Crippen LogP contribution in [0.3, 0.4) is 0 Å². The number of carbonyl (C=O) groups is 1. The topological polar surface area (TPSA) is 99.2 Å². The monoisotopic (exact) mass is 297 g/mol. The molecule has 0 radical (unpaired) electrons. The molecule has 1 aliphatic heterocycles. The molecular weight excluding hydrogens is 282 g/mol. The molecule has 0 bridgehead atoms. The van der Waals surface area contributed by atoms with Crippen molar-refractivity contribution >= 4 is 23.3 Å². The second-order valence-corrected chi connectivity index (χ2v) is 5.21. The number of hydrogen-bond donors (Lipinski definition) is 3. The van der Waals surface area contributed by atoms with Gasteiger partial charge in [-0.05, 0) is 31.0 Å². The van der Waals surface area contributed by atoms with E-state index in [1.54, 1.807) is 4.90 Å². The third kappa shape index (κ3) is 2.96. The summed E-state index contributed by atoms with van der Waals surface area (Å²) in [7, 11) is 0. The molecule has 20 heavy (non-hydrogen) atoms. The SMILES string of the molecule is NC(=NO)C1CCCN(C(=O)c2cc(Cl)ccc2O)C1. The first-order valence-electron chi connectivity index (χ1n) is 6.28. The first-order valence-corrected chi connectivity index (χ1v) is 6.66. The van der Waals surface area contributed by atoms with Crippen molar-refractivity contribution in [2.45, 2.75) is 12.8 Å². The van der Waals surface area contributed by atoms with Crippen molar-refractivity contribution in [1.29, 1.82) is 0 Å². The lowest BCUT2D eigenvalue weighted by molar-refractivity contribution is 0.0698. The minimum absolute atomic E-state index is 0.106. The van der Waals surface area contributed by atoms with E-state index in [1.807, 2.05) is 0 Å². The minimum atomic E-state index is -0.305. The molecule has 6 nitrogen and oxygen atoms in total. The number of phenols is 1. The van der Waals surface area contributed by atoms with Crippen molar-refractivity contribution in [3.63, 3.8) is 0 Å². The van der Waals surface area contributed by atoms with Crippen molar-refractivity contribution in [2.75, 3.05) is 13.1 Å². The number of phenolic OH excluding ortho intramolecular Hbond substituents is 1. The lowest BCUT2D eigenvalue weighted by Crippen LogP contribution is -2.44. The Hall–Kier alpha value is -1.95. The molecule has 1 aromatic carbocycles. The molecule has 1 saturated heterocycles. The van der Waals surface area contributed by atoms with Crippen LogP contribution in [-0.4, -0.2) is 40.0 Å². The molecule has 4 N–H and O–H groups in total. The highest BCUT2D eigenvalue weighted by Gasteiger charge is 2.28. The molecule has 0 spiro atoms. The van der Waals surface area contributed by atoms with Crippen LogP contribution in [0.5, 0.6) is 5.75 Å². The summed E-state index contributed by atoms with van der Waals surface area (Å²) >= 11 is 5.85. The Labute approximate surface area is 121 Å². The predicted octanol–water partition coefficient (Wildman–Crippen LogP) is 1.64. The fraction of sp³-hybridized carbons (Fsp3) is 0.385. The highest BCUT2D eigenvalue weighted by molar-refractivity contribution is 6.31. The Kier molecular flexibility index (Phi) is 4.34. The minimum Gasteiger partial charge on any atom is -0.507 e. The number of rotatable bonds is 2. The van der Waals surface area contributed by atoms with Gasteiger partial charge in [0.05, 0.1) is 5.56 Å². The van der Waals surface area contributed by atoms with Crippen molar-refractivity contribution in [2.24, 2.45) is 16.8 Å². The molecule has 1 amide bonds. The van der Waals surface area contributed by atoms with Gasteiger partial charge in [-0.1, -0.05) is 16.8 Å². The zero-order valence-corrected chi connectivity index (χ0v) is 11.5. The van der Waals surface area contributed by atoms with Gasteiger partial charge < -0.3 is 20.9 Å². The number of halogens is 1. The molecule has 1 aromatic rings. The summed E-state index contributed by atoms with van der Waals surface area (Å²) in [6.45, 7) is 0.931. The summed E-state index contributed by atoms with van der Waals surface area (Å²) < 4.78 is 0. The maximum Gasteiger partial charge on any atom is 0.257 e. The molecule has 1 unspecified atom stereocenters. The maximum atomic E-state index is 12.4. The summed E-state index contributed by atoms with van der Waals surface area (Å²) in [4.78, 5) is 14.0. The molecular formula is C13H16ClN3O3. The average Bonchev–Trinajstić information content (AvgIpc) is 2.48. The van der Waals surface area contributed by atoms with Gasteiger partial charge in [-0.2, -0.15) is 0 Å². The summed E-state index contributed by atoms with van der Waals surface area (Å²) in [6, 6.07) is 4.34. The van der Waals surface area contributed by atoms with Gasteiger partial charge in [-0.15, -0.1) is 0 Å². The Morgan fingerprint density at radius 3 is 2.95 bits per heavy atom. The standard InChI is InChI=1S/C13H16ClN3O3/c14-9-3-4-11(18)10(6-9)13(19)17-5-1-2-8(7-17)12(15)16-20/h3-4,6,8,18,20H,1-2,5,7H2,(H2,15,16). The van der Waals surface area contributed by atoms with Gasteiger partial charge in [0.1, 0.15) is 11.6 Å². The van der Waals surface area contributed by atoms with Crippen LogP contribution in [0.15, 0.2) is 23.4 Å². The largest absolute Gasteiger partial charge is 0.507 e. The fourth-order valence-corrected chi connectivity index (χ4v) is 2.51. The second-order valence-electron chi connectivity index (χ2n) is 4.78. The third-order valence-electron chi connectivity index (χ3n) is 3.43. The van der Waals surface area contributed by atoms with Gasteiger partial charge in [0.15, 0.2) is 0 Å². The number of oxime groups is 1. The highest BCUT2D eigenvalue weighted by atomic mass is 35.5. The van der Waals surface area contributed by atoms with E-state index in [-0.39, 0.29) is 29.0 Å². The van der Waals surface area contributed by atoms with Gasteiger partial charge in [0.25, 0.3) is 5.91 Å². The first kappa shape index (κ1) is 14.5. The lowest BCUT2D eigenvalue weighted by atomic mass is 9.96. The van der Waals surface area contributed by atoms with Gasteiger partial charge in [-0.25, -0.2) is 0 Å². The maximum absolute atomic E-state index is 12.4. The van der Waals surface area contributed by atoms with Gasteiger partial charge in [-0.3, -0.25) is 4.79 Å². The van der Waals surface area contributed by atoms with E-state index in [4.69, 9.17) is 22.5 Å². The Morgan fingerprint density at radius 1 is 1.50 bits per heavy atom. The third-order valence-corrected chi connectivity index (χ3v) is 3.67. The van der Waals surface area contributed by atoms with E-state index in [0.29, 0.717) is 18.1 Å². The molecule has 1 aliphatic rings. The van der Waals surface area contributed by atoms with E-state index >= 15 is 0 Å². The smallest absolute Gasteiger partial charge is 0.257 e. The number of benzene rings is 1. The van der Waals surface area contributed by atoms with Crippen LogP contribution < -0.4 is 5.73 Å². The lowest BCUT2D eigenvalue weighted by Gasteiger charge is -2.32. The molecule has 1 heterocycles. The number of carbonyl (C=O) groups excluding carboxylic acids is 1. The number of nitrogens with zero attached hydrogens (tertiary/aromatic N) is 2. The van der Waals surface area contributed by atoms with Crippen LogP contribution >= 0.6 is 11.6 Å². The first-order chi connectivity index (χ1) is 9.52. The van der Waals surface area contributed by atoms with Crippen molar-refractivity contribution in [1.82, 2.24) is 4.90 Å². The molecule has 0 saturated carbocycles. The number of nitrogens with two attached hydrogens (primary N) is 1. The number of amidine groups is 1. The van der Waals surface area contributed by atoms with Gasteiger partial charge in [0, 0.05) is 24.0 Å². The van der Waals surface area contributed by atoms with Crippen LogP contribution in [-0.2, 0) is 0 Å². The molecule has 108 valence electrons. The van der Waals surface area contributed by atoms with Gasteiger partial charge >= 0.3 is 0 Å². The number of likely N-dealkylation sites (tertiary alicyclic amines) is 1.